The molecule has 0 unspecified atom stereocenters. The Hall–Kier alpha value is -2.37. The van der Waals surface area contributed by atoms with Crippen LogP contribution in [0.25, 0.3) is 0 Å². The Morgan fingerprint density at radius 3 is 0.480 bits per heavy atom. The number of carboxylic acids is 3. The van der Waals surface area contributed by atoms with Gasteiger partial charge in [-0.2, -0.15) is 0 Å². The van der Waals surface area contributed by atoms with Gasteiger partial charge in [-0.15, -0.1) is 0 Å². The van der Waals surface area contributed by atoms with Gasteiger partial charge in [-0.05, 0) is 55.2 Å². The molecule has 6 nitrogen and oxygen atoms in total. The molecule has 6 heteroatoms. The predicted octanol–water partition coefficient (Wildman–Crippen LogP) is 23.5. The number of carbonyl (C=O) groups is 3. The fraction of sp³-hybridized carbons (Fsp3) is 0.870. The highest BCUT2D eigenvalue weighted by Gasteiger charge is 2.33. The number of aromatic carboxylic acids is 3. The van der Waals surface area contributed by atoms with Crippen LogP contribution in [0.3, 0.4) is 0 Å². The summed E-state index contributed by atoms with van der Waals surface area (Å²) >= 11 is 0. The Labute approximate surface area is 465 Å². The highest BCUT2D eigenvalue weighted by molar-refractivity contribution is 6.11. The van der Waals surface area contributed by atoms with E-state index < -0.39 is 23.5 Å². The summed E-state index contributed by atoms with van der Waals surface area (Å²) in [7, 11) is 0. The molecule has 0 aromatic heterocycles. The van der Waals surface area contributed by atoms with Crippen molar-refractivity contribution in [3.8, 4) is 0 Å². The molecule has 3 N–H and O–H groups in total. The molecule has 438 valence electrons. The lowest BCUT2D eigenvalue weighted by Gasteiger charge is -2.23. The van der Waals surface area contributed by atoms with E-state index in [0.29, 0.717) is 30.4 Å². The van der Waals surface area contributed by atoms with Gasteiger partial charge in [0.25, 0.3) is 0 Å². The van der Waals surface area contributed by atoms with E-state index in [1.54, 1.807) is 0 Å². The Kier molecular flexibility index (Phi) is 50.5. The Balaban J connectivity index is 2.80. The lowest BCUT2D eigenvalue weighted by atomic mass is 9.80. The molecule has 1 rings (SSSR count). The summed E-state index contributed by atoms with van der Waals surface area (Å²) in [6.45, 7) is 6.84. The summed E-state index contributed by atoms with van der Waals surface area (Å²) in [5, 5.41) is 31.9. The third-order valence-corrected chi connectivity index (χ3v) is 16.8. The molecule has 0 amide bonds. The van der Waals surface area contributed by atoms with Gasteiger partial charge in [0.2, 0.25) is 0 Å². The topological polar surface area (TPSA) is 112 Å². The first-order valence-electron chi connectivity index (χ1n) is 33.7. The van der Waals surface area contributed by atoms with Crippen LogP contribution in [-0.2, 0) is 19.3 Å². The van der Waals surface area contributed by atoms with Gasteiger partial charge in [0.05, 0.1) is 16.7 Å². The molecule has 0 aliphatic carbocycles. The van der Waals surface area contributed by atoms with Crippen LogP contribution in [0.15, 0.2) is 0 Å². The van der Waals surface area contributed by atoms with E-state index in [2.05, 4.69) is 20.8 Å². The smallest absolute Gasteiger partial charge is 0.337 e. The zero-order valence-electron chi connectivity index (χ0n) is 50.4. The maximum absolute atomic E-state index is 13.1. The van der Waals surface area contributed by atoms with Gasteiger partial charge in [-0.1, -0.05) is 348 Å². The van der Waals surface area contributed by atoms with Gasteiger partial charge in [0.15, 0.2) is 0 Å². The maximum atomic E-state index is 13.1. The van der Waals surface area contributed by atoms with Crippen LogP contribution in [0, 0.1) is 0 Å². The zero-order chi connectivity index (χ0) is 54.5. The summed E-state index contributed by atoms with van der Waals surface area (Å²) in [6.07, 6.45) is 70.7. The average Bonchev–Trinajstić information content (AvgIpc) is 3.39. The van der Waals surface area contributed by atoms with Gasteiger partial charge in [0, 0.05) is 0 Å². The Bertz CT molecular complexity index is 1390. The number of hydrogen-bond acceptors (Lipinski definition) is 3. The van der Waals surface area contributed by atoms with Crippen LogP contribution in [0.2, 0.25) is 0 Å². The van der Waals surface area contributed by atoms with Crippen molar-refractivity contribution >= 4 is 17.9 Å². The van der Waals surface area contributed by atoms with Crippen LogP contribution in [0.1, 0.15) is 415 Å². The van der Waals surface area contributed by atoms with Crippen LogP contribution >= 0.6 is 0 Å². The largest absolute Gasteiger partial charge is 0.478 e. The minimum absolute atomic E-state index is 0.272. The van der Waals surface area contributed by atoms with E-state index in [1.807, 2.05) is 0 Å². The number of hydrogen-bond donors (Lipinski definition) is 3. The highest BCUT2D eigenvalue weighted by atomic mass is 16.4. The molecule has 0 saturated heterocycles. The van der Waals surface area contributed by atoms with Crippen molar-refractivity contribution in [1.29, 1.82) is 0 Å². The van der Waals surface area contributed by atoms with Crippen molar-refractivity contribution in [2.45, 2.75) is 387 Å². The van der Waals surface area contributed by atoms with Crippen LogP contribution < -0.4 is 0 Å². The van der Waals surface area contributed by atoms with E-state index in [1.165, 1.54) is 289 Å². The van der Waals surface area contributed by atoms with Gasteiger partial charge < -0.3 is 15.3 Å². The summed E-state index contributed by atoms with van der Waals surface area (Å²) in [4.78, 5) is 39.2. The predicted molar refractivity (Wildman–Crippen MR) is 325 cm³/mol. The second-order valence-corrected chi connectivity index (χ2v) is 23.8. The molecule has 0 bridgehead atoms. The monoisotopic (exact) mass is 1050 g/mol. The number of rotatable bonds is 60. The second-order valence-electron chi connectivity index (χ2n) is 23.8. The molecule has 0 aliphatic heterocycles. The fourth-order valence-corrected chi connectivity index (χ4v) is 12.1. The standard InChI is InChI=1S/C69H126O6/c1-4-7-10-13-16-19-22-25-28-31-34-37-40-43-46-49-52-55-58-61-62(59-56-53-50-47-44-41-38-35-32-29-26-23-20-17-14-11-8-5-2)64(67(70)71)66(69(74)75)65(68(72)73)63(61)60-57-54-51-48-45-42-39-36-33-30-27-24-21-18-15-12-9-6-3/h4-60H2,1-3H3,(H,70,71)(H,72,73)(H,74,75). The van der Waals surface area contributed by atoms with Crippen molar-refractivity contribution in [1.82, 2.24) is 0 Å². The van der Waals surface area contributed by atoms with Crippen molar-refractivity contribution in [3.05, 3.63) is 33.4 Å². The fourth-order valence-electron chi connectivity index (χ4n) is 12.1. The van der Waals surface area contributed by atoms with Crippen molar-refractivity contribution in [2.75, 3.05) is 0 Å². The Morgan fingerprint density at radius 1 is 0.200 bits per heavy atom. The molecule has 1 aromatic rings. The molecule has 0 saturated carbocycles. The quantitative estimate of drug-likeness (QED) is 0.0561. The van der Waals surface area contributed by atoms with Crippen molar-refractivity contribution in [2.24, 2.45) is 0 Å². The molecule has 0 fully saturated rings. The molecule has 0 radical (unpaired) electrons. The summed E-state index contributed by atoms with van der Waals surface area (Å²) in [5.41, 5.74) is 0.991. The lowest BCUT2D eigenvalue weighted by molar-refractivity contribution is 0.0631. The van der Waals surface area contributed by atoms with Crippen molar-refractivity contribution in [3.63, 3.8) is 0 Å². The third-order valence-electron chi connectivity index (χ3n) is 16.8. The van der Waals surface area contributed by atoms with E-state index in [0.717, 1.165) is 63.4 Å². The SMILES string of the molecule is CCCCCCCCCCCCCCCCCCCCc1c(CCCCCCCCCCCCCCCCCCCC)c(C(=O)O)c(C(=O)O)c(C(=O)O)c1CCCCCCCCCCCCCCCCCCCC. The van der Waals surface area contributed by atoms with E-state index in [-0.39, 0.29) is 11.1 Å². The first-order chi connectivity index (χ1) is 36.8. The van der Waals surface area contributed by atoms with Gasteiger partial charge >= 0.3 is 17.9 Å². The summed E-state index contributed by atoms with van der Waals surface area (Å²) in [6, 6.07) is 0. The molecule has 1 aromatic carbocycles. The molecule has 0 heterocycles. The number of benzene rings is 1. The number of carboxylic acid groups (broad SMARTS) is 3. The van der Waals surface area contributed by atoms with Gasteiger partial charge in [-0.3, -0.25) is 0 Å². The van der Waals surface area contributed by atoms with Crippen LogP contribution in [-0.4, -0.2) is 33.2 Å². The van der Waals surface area contributed by atoms with Crippen LogP contribution in [0.4, 0.5) is 0 Å². The second kappa shape index (κ2) is 53.6. The molecule has 0 atom stereocenters. The highest BCUT2D eigenvalue weighted by Crippen LogP contribution is 2.34. The minimum Gasteiger partial charge on any atom is -0.478 e. The van der Waals surface area contributed by atoms with Gasteiger partial charge in [-0.25, -0.2) is 14.4 Å². The van der Waals surface area contributed by atoms with Crippen LogP contribution in [0.5, 0.6) is 0 Å². The molecular weight excluding hydrogens is 925 g/mol. The summed E-state index contributed by atoms with van der Waals surface area (Å²) in [5.74, 6) is -4.07. The molecule has 0 spiro atoms. The van der Waals surface area contributed by atoms with E-state index in [4.69, 9.17) is 0 Å². The third kappa shape index (κ3) is 39.6. The lowest BCUT2D eigenvalue weighted by Crippen LogP contribution is -2.23. The zero-order valence-corrected chi connectivity index (χ0v) is 50.4. The minimum atomic E-state index is -1.44. The van der Waals surface area contributed by atoms with Gasteiger partial charge in [0.1, 0.15) is 0 Å². The van der Waals surface area contributed by atoms with Crippen molar-refractivity contribution < 1.29 is 29.7 Å². The average molecular weight is 1050 g/mol. The van der Waals surface area contributed by atoms with E-state index in [9.17, 15) is 29.7 Å². The first kappa shape index (κ1) is 70.6. The molecule has 0 aliphatic rings. The first-order valence-corrected chi connectivity index (χ1v) is 33.7. The maximum Gasteiger partial charge on any atom is 0.337 e. The van der Waals surface area contributed by atoms with E-state index >= 15 is 0 Å². The number of unbranched alkanes of at least 4 members (excludes halogenated alkanes) is 51. The Morgan fingerprint density at radius 2 is 0.333 bits per heavy atom. The summed E-state index contributed by atoms with van der Waals surface area (Å²) < 4.78 is 0. The molecule has 75 heavy (non-hydrogen) atoms. The molecular formula is C69H126O6. The normalized spacial score (nSPS) is 11.6.